The lowest BCUT2D eigenvalue weighted by Crippen LogP contribution is -2.40. The van der Waals surface area contributed by atoms with E-state index in [4.69, 9.17) is 18.9 Å². The maximum Gasteiger partial charge on any atom is 0.248 e. The highest BCUT2D eigenvalue weighted by Crippen LogP contribution is 2.35. The molecule has 1 aliphatic rings. The van der Waals surface area contributed by atoms with E-state index in [2.05, 4.69) is 11.9 Å². The van der Waals surface area contributed by atoms with E-state index in [-0.39, 0.29) is 19.0 Å². The molecule has 0 spiro atoms. The monoisotopic (exact) mass is 389 g/mol. The molecule has 1 aromatic rings. The van der Waals surface area contributed by atoms with Gasteiger partial charge in [-0.25, -0.2) is 0 Å². The molecule has 0 atom stereocenters. The van der Waals surface area contributed by atoms with Gasteiger partial charge in [0.2, 0.25) is 11.7 Å². The first kappa shape index (κ1) is 21.8. The average Bonchev–Trinajstić information content (AvgIpc) is 3.47. The van der Waals surface area contributed by atoms with Gasteiger partial charge >= 0.3 is 0 Å². The molecule has 1 saturated carbocycles. The van der Waals surface area contributed by atoms with Crippen LogP contribution >= 0.6 is 0 Å². The van der Waals surface area contributed by atoms with Gasteiger partial charge in [0.05, 0.1) is 18.8 Å². The van der Waals surface area contributed by atoms with E-state index in [1.54, 1.807) is 0 Å². The van der Waals surface area contributed by atoms with Crippen molar-refractivity contribution < 1.29 is 28.5 Å². The Morgan fingerprint density at radius 2 is 1.89 bits per heavy atom. The first-order valence-electron chi connectivity index (χ1n) is 9.02. The lowest BCUT2D eigenvalue weighted by Gasteiger charge is -2.19. The van der Waals surface area contributed by atoms with Crippen LogP contribution in [-0.4, -0.2) is 51.0 Å². The number of hydrogen-bond acceptors (Lipinski definition) is 6. The molecule has 2 rings (SSSR count). The van der Waals surface area contributed by atoms with Crippen molar-refractivity contribution in [3.05, 3.63) is 60.4 Å². The van der Waals surface area contributed by atoms with Crippen LogP contribution in [0.1, 0.15) is 18.4 Å². The highest BCUT2D eigenvalue weighted by atomic mass is 16.7. The van der Waals surface area contributed by atoms with Crippen LogP contribution in [0, 0.1) is 0 Å². The second kappa shape index (κ2) is 10.8. The van der Waals surface area contributed by atoms with Crippen LogP contribution in [0.2, 0.25) is 0 Å². The van der Waals surface area contributed by atoms with Crippen LogP contribution in [0.15, 0.2) is 54.8 Å². The molecular weight excluding hydrogens is 362 g/mol. The zero-order chi connectivity index (χ0) is 20.4. The summed E-state index contributed by atoms with van der Waals surface area (Å²) in [7, 11) is 3.06. The molecule has 0 bridgehead atoms. The van der Waals surface area contributed by atoms with Crippen molar-refractivity contribution in [3.8, 4) is 0 Å². The van der Waals surface area contributed by atoms with Crippen LogP contribution in [-0.2, 0) is 35.1 Å². The third-order valence-corrected chi connectivity index (χ3v) is 4.33. The molecule has 7 nitrogen and oxygen atoms in total. The van der Waals surface area contributed by atoms with Crippen molar-refractivity contribution in [2.24, 2.45) is 0 Å². The number of ether oxygens (including phenoxy) is 4. The number of amides is 1. The number of nitrogens with one attached hydrogen (secondary N) is 1. The summed E-state index contributed by atoms with van der Waals surface area (Å²) >= 11 is 0. The second-order valence-corrected chi connectivity index (χ2v) is 6.54. The van der Waals surface area contributed by atoms with E-state index >= 15 is 0 Å². The van der Waals surface area contributed by atoms with Crippen molar-refractivity contribution in [2.75, 3.05) is 27.4 Å². The molecular formula is C21H27NO6. The third-order valence-electron chi connectivity index (χ3n) is 4.33. The molecule has 1 aromatic carbocycles. The highest BCUT2D eigenvalue weighted by molar-refractivity contribution is 6.06. The normalized spacial score (nSPS) is 15.2. The lowest BCUT2D eigenvalue weighted by atomic mass is 10.2. The largest absolute Gasteiger partial charge is 0.485 e. The van der Waals surface area contributed by atoms with Crippen molar-refractivity contribution in [1.29, 1.82) is 0 Å². The summed E-state index contributed by atoms with van der Waals surface area (Å²) in [4.78, 5) is 24.4. The van der Waals surface area contributed by atoms with Gasteiger partial charge in [0.1, 0.15) is 6.61 Å². The number of hydrogen-bond donors (Lipinski definition) is 1. The van der Waals surface area contributed by atoms with Gasteiger partial charge in [-0.15, -0.1) is 0 Å². The molecule has 152 valence electrons. The standard InChI is InChI=1S/C21H27NO6/c1-4-17(23)18(28-13-16-8-6-5-7-9-16)12-19(24)22-21(10-11-21)15-27-14-20(25-2)26-3/h4-9,12,20H,1,10-11,13-15H2,2-3H3,(H,22,24)/b18-12-. The first-order valence-corrected chi connectivity index (χ1v) is 9.02. The zero-order valence-electron chi connectivity index (χ0n) is 16.3. The van der Waals surface area contributed by atoms with Crippen molar-refractivity contribution in [2.45, 2.75) is 31.3 Å². The van der Waals surface area contributed by atoms with Crippen LogP contribution in [0.3, 0.4) is 0 Å². The summed E-state index contributed by atoms with van der Waals surface area (Å²) in [5.74, 6) is -0.906. The van der Waals surface area contributed by atoms with Crippen LogP contribution < -0.4 is 5.32 Å². The topological polar surface area (TPSA) is 83.1 Å². The molecule has 28 heavy (non-hydrogen) atoms. The Labute approximate surface area is 165 Å². The molecule has 1 amide bonds. The number of rotatable bonds is 13. The highest BCUT2D eigenvalue weighted by Gasteiger charge is 2.44. The summed E-state index contributed by atoms with van der Waals surface area (Å²) in [6.45, 7) is 4.25. The Kier molecular flexibility index (Phi) is 8.38. The van der Waals surface area contributed by atoms with Crippen LogP contribution in [0.5, 0.6) is 0 Å². The maximum absolute atomic E-state index is 12.4. The minimum Gasteiger partial charge on any atom is -0.485 e. The molecule has 0 saturated heterocycles. The molecule has 0 aliphatic heterocycles. The SMILES string of the molecule is C=CC(=O)/C(=C/C(=O)NC1(COCC(OC)OC)CC1)OCc1ccccc1. The number of methoxy groups -OCH3 is 2. The summed E-state index contributed by atoms with van der Waals surface area (Å²) in [6, 6.07) is 9.39. The molecule has 0 heterocycles. The predicted octanol–water partition coefficient (Wildman–Crippen LogP) is 2.13. The fraction of sp³-hybridized carbons (Fsp3) is 0.429. The molecule has 1 fully saturated rings. The molecule has 1 N–H and O–H groups in total. The van der Waals surface area contributed by atoms with Gasteiger partial charge in [-0.1, -0.05) is 36.9 Å². The summed E-state index contributed by atoms with van der Waals surface area (Å²) in [6.07, 6.45) is 3.44. The van der Waals surface area contributed by atoms with E-state index in [9.17, 15) is 9.59 Å². The quantitative estimate of drug-likeness (QED) is 0.316. The first-order chi connectivity index (χ1) is 13.5. The second-order valence-electron chi connectivity index (χ2n) is 6.54. The number of benzene rings is 1. The smallest absolute Gasteiger partial charge is 0.248 e. The minimum absolute atomic E-state index is 0.0492. The zero-order valence-corrected chi connectivity index (χ0v) is 16.3. The van der Waals surface area contributed by atoms with E-state index in [1.165, 1.54) is 20.3 Å². The average molecular weight is 389 g/mol. The Hall–Kier alpha value is -2.48. The van der Waals surface area contributed by atoms with Gasteiger partial charge in [-0.2, -0.15) is 0 Å². The van der Waals surface area contributed by atoms with Gasteiger partial charge in [-0.05, 0) is 24.5 Å². The van der Waals surface area contributed by atoms with Crippen molar-refractivity contribution in [1.82, 2.24) is 5.32 Å². The Morgan fingerprint density at radius 3 is 2.46 bits per heavy atom. The number of carbonyl (C=O) groups excluding carboxylic acids is 2. The molecule has 0 unspecified atom stereocenters. The predicted molar refractivity (Wildman–Crippen MR) is 103 cm³/mol. The van der Waals surface area contributed by atoms with Gasteiger partial charge in [0.25, 0.3) is 0 Å². The fourth-order valence-corrected chi connectivity index (χ4v) is 2.48. The Morgan fingerprint density at radius 1 is 1.21 bits per heavy atom. The fourth-order valence-electron chi connectivity index (χ4n) is 2.48. The molecule has 0 radical (unpaired) electrons. The van der Waals surface area contributed by atoms with Gasteiger partial charge in [0, 0.05) is 20.3 Å². The van der Waals surface area contributed by atoms with E-state index in [0.29, 0.717) is 6.61 Å². The summed E-state index contributed by atoms with van der Waals surface area (Å²) in [5, 5.41) is 2.90. The minimum atomic E-state index is -0.449. The number of carbonyl (C=O) groups is 2. The molecule has 1 aliphatic carbocycles. The Bertz CT molecular complexity index is 692. The van der Waals surface area contributed by atoms with E-state index in [0.717, 1.165) is 24.5 Å². The molecule has 0 aromatic heterocycles. The van der Waals surface area contributed by atoms with E-state index < -0.39 is 23.5 Å². The Balaban J connectivity index is 1.90. The number of ketones is 1. The maximum atomic E-state index is 12.4. The third kappa shape index (κ3) is 6.92. The lowest BCUT2D eigenvalue weighted by molar-refractivity contribution is -0.143. The summed E-state index contributed by atoms with van der Waals surface area (Å²) in [5.41, 5.74) is 0.463. The molecule has 7 heteroatoms. The van der Waals surface area contributed by atoms with Crippen LogP contribution in [0.4, 0.5) is 0 Å². The van der Waals surface area contributed by atoms with Gasteiger partial charge in [-0.3, -0.25) is 9.59 Å². The van der Waals surface area contributed by atoms with Crippen molar-refractivity contribution in [3.63, 3.8) is 0 Å². The van der Waals surface area contributed by atoms with Gasteiger partial charge in [0.15, 0.2) is 12.0 Å². The van der Waals surface area contributed by atoms with Crippen LogP contribution in [0.25, 0.3) is 0 Å². The van der Waals surface area contributed by atoms with Crippen molar-refractivity contribution >= 4 is 11.7 Å². The van der Waals surface area contributed by atoms with E-state index in [1.807, 2.05) is 30.3 Å². The summed E-state index contributed by atoms with van der Waals surface area (Å²) < 4.78 is 21.3. The number of allylic oxidation sites excluding steroid dienone is 1. The van der Waals surface area contributed by atoms with Gasteiger partial charge < -0.3 is 24.3 Å².